The maximum atomic E-state index is 12.7. The van der Waals surface area contributed by atoms with Crippen molar-refractivity contribution in [3.05, 3.63) is 67.6 Å². The van der Waals surface area contributed by atoms with Crippen molar-refractivity contribution < 1.29 is 38.1 Å². The summed E-state index contributed by atoms with van der Waals surface area (Å²) < 4.78 is 20.3. The zero-order valence-electron chi connectivity index (χ0n) is 17.8. The SMILES string of the molecule is CCOC(=O)[C@H](OC(=O)c1ccc(Cl)cc1Cl)[C@@H](OC(=O)c1ccc(Cl)cc1Cl)C(=O)OCC. The Morgan fingerprint density at radius 2 is 1.03 bits per heavy atom. The second kappa shape index (κ2) is 12.8. The molecule has 0 radical (unpaired) electrons. The number of carbonyl (C=O) groups is 4. The molecule has 0 N–H and O–H groups in total. The summed E-state index contributed by atoms with van der Waals surface area (Å²) in [5.41, 5.74) is -0.315. The Bertz CT molecular complexity index is 1000. The van der Waals surface area contributed by atoms with E-state index in [0.717, 1.165) is 0 Å². The lowest BCUT2D eigenvalue weighted by Gasteiger charge is -2.24. The summed E-state index contributed by atoms with van der Waals surface area (Å²) in [6.07, 6.45) is -4.04. The highest BCUT2D eigenvalue weighted by atomic mass is 35.5. The summed E-state index contributed by atoms with van der Waals surface area (Å²) >= 11 is 23.7. The van der Waals surface area contributed by atoms with Crippen LogP contribution in [0.5, 0.6) is 0 Å². The van der Waals surface area contributed by atoms with E-state index in [2.05, 4.69) is 0 Å². The van der Waals surface area contributed by atoms with Crippen LogP contribution in [-0.4, -0.2) is 49.3 Å². The Hall–Kier alpha value is -2.52. The van der Waals surface area contributed by atoms with Crippen molar-refractivity contribution >= 4 is 70.3 Å². The topological polar surface area (TPSA) is 105 Å². The Morgan fingerprint density at radius 3 is 1.32 bits per heavy atom. The highest BCUT2D eigenvalue weighted by Crippen LogP contribution is 2.25. The molecule has 0 aliphatic heterocycles. The van der Waals surface area contributed by atoms with Crippen LogP contribution in [0.3, 0.4) is 0 Å². The third kappa shape index (κ3) is 7.24. The van der Waals surface area contributed by atoms with Gasteiger partial charge in [-0.3, -0.25) is 0 Å². The molecule has 12 heteroatoms. The molecule has 0 bridgehead atoms. The molecular weight excluding hydrogens is 534 g/mol. The van der Waals surface area contributed by atoms with E-state index in [1.54, 1.807) is 0 Å². The maximum absolute atomic E-state index is 12.7. The lowest BCUT2D eigenvalue weighted by atomic mass is 10.1. The van der Waals surface area contributed by atoms with E-state index in [-0.39, 0.29) is 44.4 Å². The average molecular weight is 552 g/mol. The molecule has 0 aliphatic rings. The minimum atomic E-state index is -2.02. The quantitative estimate of drug-likeness (QED) is 0.310. The first-order chi connectivity index (χ1) is 16.1. The van der Waals surface area contributed by atoms with E-state index in [9.17, 15) is 19.2 Å². The van der Waals surface area contributed by atoms with Gasteiger partial charge < -0.3 is 18.9 Å². The van der Waals surface area contributed by atoms with E-state index in [4.69, 9.17) is 65.4 Å². The predicted molar refractivity (Wildman–Crippen MR) is 125 cm³/mol. The molecule has 0 unspecified atom stereocenters. The Morgan fingerprint density at radius 1 is 0.676 bits per heavy atom. The van der Waals surface area contributed by atoms with Crippen molar-refractivity contribution in [2.45, 2.75) is 26.1 Å². The monoisotopic (exact) mass is 550 g/mol. The van der Waals surface area contributed by atoms with Crippen LogP contribution in [0.25, 0.3) is 0 Å². The van der Waals surface area contributed by atoms with Crippen LogP contribution in [0.15, 0.2) is 36.4 Å². The maximum Gasteiger partial charge on any atom is 0.352 e. The van der Waals surface area contributed by atoms with E-state index in [1.807, 2.05) is 0 Å². The number of esters is 4. The predicted octanol–water partition coefficient (Wildman–Crippen LogP) is 5.18. The fourth-order valence-electron chi connectivity index (χ4n) is 2.58. The molecular formula is C22H18Cl4O8. The minimum Gasteiger partial charge on any atom is -0.463 e. The van der Waals surface area contributed by atoms with Gasteiger partial charge >= 0.3 is 23.9 Å². The summed E-state index contributed by atoms with van der Waals surface area (Å²) in [6.45, 7) is 2.74. The summed E-state index contributed by atoms with van der Waals surface area (Å²) in [5, 5.41) is 0.360. The Balaban J connectivity index is 2.43. The van der Waals surface area contributed by atoms with Gasteiger partial charge in [-0.25, -0.2) is 19.2 Å². The molecule has 182 valence electrons. The number of halogens is 4. The molecule has 0 heterocycles. The van der Waals surface area contributed by atoms with Gasteiger partial charge in [0.2, 0.25) is 12.2 Å². The van der Waals surface area contributed by atoms with Crippen LogP contribution in [-0.2, 0) is 28.5 Å². The van der Waals surface area contributed by atoms with Gasteiger partial charge in [-0.1, -0.05) is 46.4 Å². The molecule has 2 aromatic carbocycles. The number of ether oxygens (including phenoxy) is 4. The largest absolute Gasteiger partial charge is 0.463 e. The van der Waals surface area contributed by atoms with Crippen molar-refractivity contribution in [3.8, 4) is 0 Å². The van der Waals surface area contributed by atoms with Crippen LogP contribution in [0.4, 0.5) is 0 Å². The molecule has 0 aliphatic carbocycles. The molecule has 8 nitrogen and oxygen atoms in total. The minimum absolute atomic E-state index is 0.0715. The lowest BCUT2D eigenvalue weighted by Crippen LogP contribution is -2.47. The van der Waals surface area contributed by atoms with Gasteiger partial charge in [-0.2, -0.15) is 0 Å². The lowest BCUT2D eigenvalue weighted by molar-refractivity contribution is -0.173. The van der Waals surface area contributed by atoms with Crippen LogP contribution in [0, 0.1) is 0 Å². The second-order valence-electron chi connectivity index (χ2n) is 6.40. The zero-order chi connectivity index (χ0) is 25.4. The molecule has 2 rings (SSSR count). The molecule has 0 saturated heterocycles. The number of benzene rings is 2. The molecule has 34 heavy (non-hydrogen) atoms. The number of hydrogen-bond acceptors (Lipinski definition) is 8. The standard InChI is InChI=1S/C22H18Cl4O8/c1-3-31-21(29)17(33-19(27)13-7-5-11(23)9-15(13)25)18(22(30)32-4-2)34-20(28)14-8-6-12(24)10-16(14)26/h5-10,17-18H,3-4H2,1-2H3/t17-,18-/m1/s1. The van der Waals surface area contributed by atoms with Gasteiger partial charge in [0.15, 0.2) is 0 Å². The molecule has 2 aromatic rings. The highest BCUT2D eigenvalue weighted by Gasteiger charge is 2.43. The first-order valence-electron chi connectivity index (χ1n) is 9.74. The smallest absolute Gasteiger partial charge is 0.352 e. The van der Waals surface area contributed by atoms with E-state index in [1.165, 1.54) is 50.2 Å². The fourth-order valence-corrected chi connectivity index (χ4v) is 3.55. The van der Waals surface area contributed by atoms with E-state index < -0.39 is 36.1 Å². The van der Waals surface area contributed by atoms with Gasteiger partial charge in [-0.15, -0.1) is 0 Å². The molecule has 0 saturated carbocycles. The number of rotatable bonds is 9. The van der Waals surface area contributed by atoms with Gasteiger partial charge in [0.05, 0.1) is 34.4 Å². The van der Waals surface area contributed by atoms with Gasteiger partial charge in [0.25, 0.3) is 0 Å². The summed E-state index contributed by atoms with van der Waals surface area (Å²) in [7, 11) is 0. The third-order valence-electron chi connectivity index (χ3n) is 4.08. The Kier molecular flexibility index (Phi) is 10.4. The number of hydrogen-bond donors (Lipinski definition) is 0. The highest BCUT2D eigenvalue weighted by molar-refractivity contribution is 6.37. The van der Waals surface area contributed by atoms with Crippen molar-refractivity contribution in [1.29, 1.82) is 0 Å². The van der Waals surface area contributed by atoms with Gasteiger partial charge in [0.1, 0.15) is 0 Å². The summed E-state index contributed by atoms with van der Waals surface area (Å²) in [5.74, 6) is -4.52. The van der Waals surface area contributed by atoms with E-state index in [0.29, 0.717) is 0 Å². The van der Waals surface area contributed by atoms with Crippen LogP contribution in [0.1, 0.15) is 34.6 Å². The second-order valence-corrected chi connectivity index (χ2v) is 8.09. The zero-order valence-corrected chi connectivity index (χ0v) is 20.8. The molecule has 2 atom stereocenters. The van der Waals surface area contributed by atoms with Crippen molar-refractivity contribution in [3.63, 3.8) is 0 Å². The Labute approximate surface area is 214 Å². The third-order valence-corrected chi connectivity index (χ3v) is 5.18. The number of carbonyl (C=O) groups excluding carboxylic acids is 4. The van der Waals surface area contributed by atoms with Gasteiger partial charge in [-0.05, 0) is 50.2 Å². The van der Waals surface area contributed by atoms with Crippen molar-refractivity contribution in [2.75, 3.05) is 13.2 Å². The summed E-state index contributed by atoms with van der Waals surface area (Å²) in [4.78, 5) is 50.8. The molecule has 0 aromatic heterocycles. The van der Waals surface area contributed by atoms with Crippen LogP contribution in [0.2, 0.25) is 20.1 Å². The first-order valence-corrected chi connectivity index (χ1v) is 11.3. The fraction of sp³-hybridized carbons (Fsp3) is 0.273. The molecule has 0 fully saturated rings. The van der Waals surface area contributed by atoms with Crippen molar-refractivity contribution in [2.24, 2.45) is 0 Å². The van der Waals surface area contributed by atoms with Crippen LogP contribution >= 0.6 is 46.4 Å². The summed E-state index contributed by atoms with van der Waals surface area (Å²) in [6, 6.07) is 7.82. The molecule has 0 amide bonds. The normalized spacial score (nSPS) is 12.3. The van der Waals surface area contributed by atoms with Crippen molar-refractivity contribution in [1.82, 2.24) is 0 Å². The molecule has 0 spiro atoms. The van der Waals surface area contributed by atoms with Crippen LogP contribution < -0.4 is 0 Å². The first kappa shape index (κ1) is 27.7. The van der Waals surface area contributed by atoms with E-state index >= 15 is 0 Å². The van der Waals surface area contributed by atoms with Gasteiger partial charge in [0, 0.05) is 10.0 Å². The average Bonchev–Trinajstić information content (AvgIpc) is 2.76.